The number of hydrogen-bond donors (Lipinski definition) is 0. The quantitative estimate of drug-likeness (QED) is 0.0623. The predicted octanol–water partition coefficient (Wildman–Crippen LogP) is 8.29. The lowest BCUT2D eigenvalue weighted by Gasteiger charge is -2.29. The monoisotopic (exact) mass is 785 g/mol. The highest BCUT2D eigenvalue weighted by atomic mass is 16.2. The normalized spacial score (nSPS) is 18.3. The van der Waals surface area contributed by atoms with Gasteiger partial charge in [0.1, 0.15) is 46.3 Å². The highest BCUT2D eigenvalue weighted by molar-refractivity contribution is 6.38. The van der Waals surface area contributed by atoms with Crippen LogP contribution in [0.25, 0.3) is 0 Å². The molecule has 0 amide bonds. The number of rotatable bonds is 31. The Morgan fingerprint density at radius 2 is 1.02 bits per heavy atom. The fourth-order valence-corrected chi connectivity index (χ4v) is 8.33. The van der Waals surface area contributed by atoms with E-state index in [9.17, 15) is 47.9 Å². The molecule has 10 heteroatoms. The van der Waals surface area contributed by atoms with Gasteiger partial charge in [0.2, 0.25) is 5.78 Å². The van der Waals surface area contributed by atoms with Crippen molar-refractivity contribution in [2.24, 2.45) is 59.2 Å². The van der Waals surface area contributed by atoms with Gasteiger partial charge in [-0.2, -0.15) is 0 Å². The second-order valence-electron chi connectivity index (χ2n) is 17.9. The van der Waals surface area contributed by atoms with Crippen LogP contribution >= 0.6 is 0 Å². The Bertz CT molecular complexity index is 1420. The Morgan fingerprint density at radius 3 is 1.52 bits per heavy atom. The summed E-state index contributed by atoms with van der Waals surface area (Å²) >= 11 is 0. The number of carbonyl (C=O) groups is 10. The minimum atomic E-state index is -0.800. The Hall–Kier alpha value is -3.30. The van der Waals surface area contributed by atoms with Gasteiger partial charge in [-0.25, -0.2) is 0 Å². The van der Waals surface area contributed by atoms with Crippen LogP contribution in [0.15, 0.2) is 0 Å². The van der Waals surface area contributed by atoms with Gasteiger partial charge in [0.25, 0.3) is 0 Å². The van der Waals surface area contributed by atoms with Gasteiger partial charge in [-0.1, -0.05) is 61.3 Å². The molecule has 0 N–H and O–H groups in total. The van der Waals surface area contributed by atoms with Crippen LogP contribution in [0.2, 0.25) is 0 Å². The van der Waals surface area contributed by atoms with E-state index in [1.54, 1.807) is 0 Å². The Kier molecular flexibility index (Phi) is 22.8. The summed E-state index contributed by atoms with van der Waals surface area (Å²) in [5.74, 6) is -7.39. The largest absolute Gasteiger partial charge is 0.300 e. The zero-order valence-electron chi connectivity index (χ0n) is 36.2. The predicted molar refractivity (Wildman–Crippen MR) is 216 cm³/mol. The van der Waals surface area contributed by atoms with Gasteiger partial charge in [0.15, 0.2) is 5.78 Å². The highest BCUT2D eigenvalue weighted by Crippen LogP contribution is 2.39. The molecule has 7 atom stereocenters. The molecule has 0 heterocycles. The van der Waals surface area contributed by atoms with Gasteiger partial charge in [0.05, 0.1) is 0 Å². The minimum absolute atomic E-state index is 0.00860. The molecule has 7 unspecified atom stereocenters. The second kappa shape index (κ2) is 25.1. The van der Waals surface area contributed by atoms with Crippen molar-refractivity contribution >= 4 is 57.8 Å². The van der Waals surface area contributed by atoms with Gasteiger partial charge in [-0.05, 0) is 77.0 Å². The summed E-state index contributed by atoms with van der Waals surface area (Å²) in [7, 11) is 0. The molecular formula is C46H72O10. The van der Waals surface area contributed by atoms with E-state index >= 15 is 0 Å². The molecule has 0 aliphatic heterocycles. The number of ketones is 10. The van der Waals surface area contributed by atoms with Crippen molar-refractivity contribution in [3.63, 3.8) is 0 Å². The maximum absolute atomic E-state index is 14.3. The standard InChI is InChI=1S/C46H72O10/c1-11-13-35(45(55)40(50)21-18-32(10)49)24-43(53)36-14-12-15-37(36)46(56)39(29(6)7)26-44(54)38(28(4)5)25-42(52)34(20-17-31(9)48)23-41(51)33(22-27(2)3)19-16-30(8)47/h27-29,33-39H,11-26H2,1-10H3. The molecule has 0 bridgehead atoms. The van der Waals surface area contributed by atoms with Crippen molar-refractivity contribution in [3.8, 4) is 0 Å². The van der Waals surface area contributed by atoms with Crippen molar-refractivity contribution in [1.29, 1.82) is 0 Å². The first-order valence-electron chi connectivity index (χ1n) is 21.3. The lowest BCUT2D eigenvalue weighted by atomic mass is 9.73. The summed E-state index contributed by atoms with van der Waals surface area (Å²) < 4.78 is 0. The Balaban J connectivity index is 3.22. The molecule has 56 heavy (non-hydrogen) atoms. The number of hydrogen-bond acceptors (Lipinski definition) is 10. The molecule has 1 aliphatic rings. The van der Waals surface area contributed by atoms with Crippen molar-refractivity contribution in [2.45, 2.75) is 172 Å². The van der Waals surface area contributed by atoms with Crippen LogP contribution in [0.1, 0.15) is 172 Å². The van der Waals surface area contributed by atoms with Crippen molar-refractivity contribution in [3.05, 3.63) is 0 Å². The van der Waals surface area contributed by atoms with Crippen LogP contribution in [0.5, 0.6) is 0 Å². The van der Waals surface area contributed by atoms with Crippen molar-refractivity contribution < 1.29 is 47.9 Å². The molecule has 0 aromatic rings. The first-order valence-corrected chi connectivity index (χ1v) is 21.3. The smallest absolute Gasteiger partial charge is 0.201 e. The number of Topliss-reactive ketones (excluding diaryl/α,β-unsaturated/α-hetero) is 10. The van der Waals surface area contributed by atoms with Gasteiger partial charge in [-0.3, -0.25) is 33.6 Å². The van der Waals surface area contributed by atoms with E-state index in [4.69, 9.17) is 0 Å². The topological polar surface area (TPSA) is 171 Å². The van der Waals surface area contributed by atoms with Gasteiger partial charge >= 0.3 is 0 Å². The van der Waals surface area contributed by atoms with E-state index in [0.717, 1.165) is 0 Å². The van der Waals surface area contributed by atoms with E-state index in [0.29, 0.717) is 44.9 Å². The average molecular weight is 785 g/mol. The second-order valence-corrected chi connectivity index (χ2v) is 17.9. The molecular weight excluding hydrogens is 712 g/mol. The molecule has 0 radical (unpaired) electrons. The fourth-order valence-electron chi connectivity index (χ4n) is 8.33. The van der Waals surface area contributed by atoms with Crippen LogP contribution in [-0.2, 0) is 47.9 Å². The third kappa shape index (κ3) is 17.5. The SMILES string of the molecule is CCCC(CC(=O)C1CCCC1C(=O)C(CC(=O)C(CC(=O)C(CCC(C)=O)CC(=O)C(CCC(C)=O)CC(C)C)C(C)C)C(C)C)C(=O)C(=O)CCC(C)=O. The lowest BCUT2D eigenvalue weighted by Crippen LogP contribution is -2.37. The molecule has 0 aromatic heterocycles. The Morgan fingerprint density at radius 1 is 0.518 bits per heavy atom. The summed E-state index contributed by atoms with van der Waals surface area (Å²) in [5.41, 5.74) is 0. The molecule has 0 aromatic carbocycles. The van der Waals surface area contributed by atoms with Gasteiger partial charge < -0.3 is 14.4 Å². The minimum Gasteiger partial charge on any atom is -0.300 e. The van der Waals surface area contributed by atoms with Crippen LogP contribution in [0.3, 0.4) is 0 Å². The zero-order valence-corrected chi connectivity index (χ0v) is 36.2. The van der Waals surface area contributed by atoms with Crippen LogP contribution in [0.4, 0.5) is 0 Å². The molecule has 1 saturated carbocycles. The fraction of sp³-hybridized carbons (Fsp3) is 0.783. The molecule has 0 spiro atoms. The first-order chi connectivity index (χ1) is 26.1. The summed E-state index contributed by atoms with van der Waals surface area (Å²) in [6.45, 7) is 17.6. The molecule has 10 nitrogen and oxygen atoms in total. The van der Waals surface area contributed by atoms with Crippen molar-refractivity contribution in [1.82, 2.24) is 0 Å². The maximum atomic E-state index is 14.3. The molecule has 1 fully saturated rings. The highest BCUT2D eigenvalue weighted by Gasteiger charge is 2.43. The van der Waals surface area contributed by atoms with E-state index in [1.165, 1.54) is 20.8 Å². The maximum Gasteiger partial charge on any atom is 0.201 e. The van der Waals surface area contributed by atoms with E-state index < -0.39 is 47.1 Å². The third-order valence-corrected chi connectivity index (χ3v) is 11.8. The van der Waals surface area contributed by atoms with E-state index in [-0.39, 0.29) is 128 Å². The van der Waals surface area contributed by atoms with Crippen molar-refractivity contribution in [2.75, 3.05) is 0 Å². The van der Waals surface area contributed by atoms with Crippen LogP contribution in [0, 0.1) is 59.2 Å². The van der Waals surface area contributed by atoms with E-state index in [2.05, 4.69) is 0 Å². The molecule has 1 rings (SSSR count). The first kappa shape index (κ1) is 50.7. The molecule has 316 valence electrons. The van der Waals surface area contributed by atoms with E-state index in [1.807, 2.05) is 48.5 Å². The summed E-state index contributed by atoms with van der Waals surface area (Å²) in [4.78, 5) is 130. The van der Waals surface area contributed by atoms with Crippen LogP contribution < -0.4 is 0 Å². The average Bonchev–Trinajstić information content (AvgIpc) is 3.60. The third-order valence-electron chi connectivity index (χ3n) is 11.8. The van der Waals surface area contributed by atoms with Crippen LogP contribution in [-0.4, -0.2) is 57.8 Å². The molecule has 0 saturated heterocycles. The molecule has 1 aliphatic carbocycles. The Labute approximate surface area is 336 Å². The lowest BCUT2D eigenvalue weighted by molar-refractivity contribution is -0.142. The zero-order chi connectivity index (χ0) is 42.9. The summed E-state index contributed by atoms with van der Waals surface area (Å²) in [6.07, 6.45) is 3.52. The summed E-state index contributed by atoms with van der Waals surface area (Å²) in [6, 6.07) is 0. The summed E-state index contributed by atoms with van der Waals surface area (Å²) in [5, 5.41) is 0. The van der Waals surface area contributed by atoms with Gasteiger partial charge in [0, 0.05) is 92.8 Å². The number of carbonyl (C=O) groups excluding carboxylic acids is 10. The van der Waals surface area contributed by atoms with Gasteiger partial charge in [-0.15, -0.1) is 0 Å².